The summed E-state index contributed by atoms with van der Waals surface area (Å²) in [4.78, 5) is 15.8. The molecule has 2 unspecified atom stereocenters. The number of aromatic nitrogens is 2. The lowest BCUT2D eigenvalue weighted by Gasteiger charge is -2.42. The van der Waals surface area contributed by atoms with Crippen LogP contribution in [0.2, 0.25) is 0 Å². The van der Waals surface area contributed by atoms with Crippen LogP contribution in [0.25, 0.3) is 10.9 Å². The summed E-state index contributed by atoms with van der Waals surface area (Å²) >= 11 is 0. The van der Waals surface area contributed by atoms with Gasteiger partial charge in [0.15, 0.2) is 5.69 Å². The number of aliphatic hydroxyl groups excluding tert-OH is 1. The Balaban J connectivity index is 1.47. The molecule has 8 nitrogen and oxygen atoms in total. The third kappa shape index (κ3) is 4.49. The summed E-state index contributed by atoms with van der Waals surface area (Å²) in [5.74, 6) is 0. The van der Waals surface area contributed by atoms with Gasteiger partial charge in [-0.2, -0.15) is 5.26 Å². The second-order valence-corrected chi connectivity index (χ2v) is 7.84. The molecule has 2 aromatic rings. The van der Waals surface area contributed by atoms with Crippen molar-refractivity contribution in [3.05, 3.63) is 30.2 Å². The van der Waals surface area contributed by atoms with Gasteiger partial charge in [0.2, 0.25) is 0 Å². The Bertz CT molecular complexity index is 877. The van der Waals surface area contributed by atoms with Gasteiger partial charge in [0.05, 0.1) is 30.7 Å². The number of anilines is 1. The number of nitriles is 1. The van der Waals surface area contributed by atoms with Gasteiger partial charge in [0.25, 0.3) is 0 Å². The van der Waals surface area contributed by atoms with Crippen LogP contribution in [-0.4, -0.2) is 96.0 Å². The van der Waals surface area contributed by atoms with Gasteiger partial charge in [-0.05, 0) is 19.1 Å². The fraction of sp³-hybridized carbons (Fsp3) is 0.571. The Morgan fingerprint density at radius 2 is 2.00 bits per heavy atom. The molecular weight excluding hydrogens is 368 g/mol. The summed E-state index contributed by atoms with van der Waals surface area (Å²) in [5.41, 5.74) is 2.03. The van der Waals surface area contributed by atoms with E-state index in [1.54, 1.807) is 12.4 Å². The molecule has 0 bridgehead atoms. The van der Waals surface area contributed by atoms with Crippen LogP contribution in [0.4, 0.5) is 5.69 Å². The average molecular weight is 396 g/mol. The van der Waals surface area contributed by atoms with Gasteiger partial charge in [-0.1, -0.05) is 0 Å². The molecule has 0 aromatic carbocycles. The number of fused-ring (bicyclic) bond motifs is 1. The Kier molecular flexibility index (Phi) is 6.21. The second kappa shape index (κ2) is 9.01. The summed E-state index contributed by atoms with van der Waals surface area (Å²) in [6.07, 6.45) is 3.73. The molecule has 0 aliphatic carbocycles. The van der Waals surface area contributed by atoms with Crippen molar-refractivity contribution in [2.75, 3.05) is 63.9 Å². The van der Waals surface area contributed by atoms with E-state index in [2.05, 4.69) is 37.7 Å². The molecule has 0 radical (unpaired) electrons. The van der Waals surface area contributed by atoms with E-state index in [4.69, 9.17) is 9.84 Å². The van der Waals surface area contributed by atoms with Crippen LogP contribution in [0.15, 0.2) is 24.5 Å². The highest BCUT2D eigenvalue weighted by molar-refractivity contribution is 5.93. The Morgan fingerprint density at radius 3 is 2.76 bits per heavy atom. The molecule has 4 rings (SSSR count). The van der Waals surface area contributed by atoms with Gasteiger partial charge >= 0.3 is 0 Å². The third-order valence-electron chi connectivity index (χ3n) is 5.74. The van der Waals surface area contributed by atoms with E-state index in [0.29, 0.717) is 11.2 Å². The third-order valence-corrected chi connectivity index (χ3v) is 5.74. The van der Waals surface area contributed by atoms with Gasteiger partial charge < -0.3 is 14.7 Å². The van der Waals surface area contributed by atoms with E-state index in [-0.39, 0.29) is 18.8 Å². The highest BCUT2D eigenvalue weighted by Gasteiger charge is 2.29. The van der Waals surface area contributed by atoms with Crippen molar-refractivity contribution >= 4 is 16.6 Å². The Hall–Kier alpha value is -2.31. The minimum Gasteiger partial charge on any atom is -0.395 e. The van der Waals surface area contributed by atoms with Crippen molar-refractivity contribution < 1.29 is 9.84 Å². The first-order valence-corrected chi connectivity index (χ1v) is 10.3. The molecule has 2 aromatic heterocycles. The smallest absolute Gasteiger partial charge is 0.166 e. The maximum absolute atomic E-state index is 9.35. The largest absolute Gasteiger partial charge is 0.395 e. The van der Waals surface area contributed by atoms with E-state index in [0.717, 1.165) is 63.4 Å². The monoisotopic (exact) mass is 396 g/mol. The van der Waals surface area contributed by atoms with E-state index in [9.17, 15) is 5.26 Å². The molecule has 2 saturated heterocycles. The fourth-order valence-corrected chi connectivity index (χ4v) is 4.36. The number of pyridine rings is 2. The van der Waals surface area contributed by atoms with Crippen LogP contribution in [-0.2, 0) is 4.74 Å². The first kappa shape index (κ1) is 20.0. The number of piperazine rings is 1. The zero-order valence-electron chi connectivity index (χ0n) is 16.9. The SMILES string of the molecule is CC1CN(c2cnc(C#N)c3ncccc23)CC(CN2CCN(CCO)CC2)O1. The van der Waals surface area contributed by atoms with Crippen molar-refractivity contribution in [1.82, 2.24) is 19.8 Å². The van der Waals surface area contributed by atoms with Crippen LogP contribution in [0, 0.1) is 11.3 Å². The van der Waals surface area contributed by atoms with E-state index < -0.39 is 0 Å². The number of morpholine rings is 1. The predicted octanol–water partition coefficient (Wildman–Crippen LogP) is 0.705. The van der Waals surface area contributed by atoms with Gasteiger partial charge in [-0.3, -0.25) is 14.8 Å². The molecule has 2 fully saturated rings. The fourth-order valence-electron chi connectivity index (χ4n) is 4.36. The molecule has 2 aliphatic heterocycles. The molecule has 4 heterocycles. The molecule has 29 heavy (non-hydrogen) atoms. The summed E-state index contributed by atoms with van der Waals surface area (Å²) < 4.78 is 6.25. The predicted molar refractivity (Wildman–Crippen MR) is 111 cm³/mol. The molecule has 1 N–H and O–H groups in total. The van der Waals surface area contributed by atoms with E-state index in [1.165, 1.54) is 0 Å². The molecule has 2 atom stereocenters. The zero-order chi connectivity index (χ0) is 20.2. The molecule has 154 valence electrons. The molecule has 2 aliphatic rings. The molecular formula is C21H28N6O2. The average Bonchev–Trinajstić information content (AvgIpc) is 2.74. The minimum atomic E-state index is 0.116. The number of hydrogen-bond donors (Lipinski definition) is 1. The summed E-state index contributed by atoms with van der Waals surface area (Å²) in [6.45, 7) is 9.54. The van der Waals surface area contributed by atoms with E-state index in [1.807, 2.05) is 12.1 Å². The normalized spacial score (nSPS) is 24.0. The number of nitrogens with zero attached hydrogens (tertiary/aromatic N) is 6. The van der Waals surface area contributed by atoms with Crippen molar-refractivity contribution in [3.8, 4) is 6.07 Å². The number of rotatable bonds is 5. The van der Waals surface area contributed by atoms with Crippen LogP contribution < -0.4 is 4.90 Å². The lowest BCUT2D eigenvalue weighted by Crippen LogP contribution is -2.54. The molecule has 0 spiro atoms. The summed E-state index contributed by atoms with van der Waals surface area (Å²) in [6, 6.07) is 6.05. The van der Waals surface area contributed by atoms with Crippen molar-refractivity contribution in [2.24, 2.45) is 0 Å². The van der Waals surface area contributed by atoms with Crippen LogP contribution >= 0.6 is 0 Å². The zero-order valence-corrected chi connectivity index (χ0v) is 16.9. The maximum atomic E-state index is 9.35. The van der Waals surface area contributed by atoms with Crippen molar-refractivity contribution in [2.45, 2.75) is 19.1 Å². The van der Waals surface area contributed by atoms with Crippen molar-refractivity contribution in [1.29, 1.82) is 5.26 Å². The lowest BCUT2D eigenvalue weighted by molar-refractivity contribution is -0.0382. The number of aliphatic hydroxyl groups is 1. The number of β-amino-alcohol motifs (C(OH)–C–C–N with tert-alkyl or cyclic N) is 1. The molecule has 8 heteroatoms. The quantitative estimate of drug-likeness (QED) is 0.790. The first-order chi connectivity index (χ1) is 14.2. The Labute approximate surface area is 171 Å². The highest BCUT2D eigenvalue weighted by atomic mass is 16.5. The molecule has 0 saturated carbocycles. The first-order valence-electron chi connectivity index (χ1n) is 10.3. The minimum absolute atomic E-state index is 0.116. The van der Waals surface area contributed by atoms with Crippen LogP contribution in [0.5, 0.6) is 0 Å². The van der Waals surface area contributed by atoms with Gasteiger partial charge in [0, 0.05) is 63.9 Å². The van der Waals surface area contributed by atoms with Crippen molar-refractivity contribution in [3.63, 3.8) is 0 Å². The van der Waals surface area contributed by atoms with E-state index >= 15 is 0 Å². The lowest BCUT2D eigenvalue weighted by atomic mass is 10.1. The number of ether oxygens (including phenoxy) is 1. The van der Waals surface area contributed by atoms with Gasteiger partial charge in [0.1, 0.15) is 11.6 Å². The highest BCUT2D eigenvalue weighted by Crippen LogP contribution is 2.29. The van der Waals surface area contributed by atoms with Gasteiger partial charge in [-0.25, -0.2) is 4.98 Å². The van der Waals surface area contributed by atoms with Gasteiger partial charge in [-0.15, -0.1) is 0 Å². The van der Waals surface area contributed by atoms with Crippen LogP contribution in [0.3, 0.4) is 0 Å². The Morgan fingerprint density at radius 1 is 1.21 bits per heavy atom. The standard InChI is InChI=1S/C21H28N6O2/c1-16-13-27(20-12-24-19(11-22)21-18(20)3-2-4-23-21)15-17(29-16)14-26-7-5-25(6-8-26)9-10-28/h2-4,12,16-17,28H,5-10,13-15H2,1H3. The van der Waals surface area contributed by atoms with Crippen LogP contribution in [0.1, 0.15) is 12.6 Å². The maximum Gasteiger partial charge on any atom is 0.166 e. The molecule has 0 amide bonds. The summed E-state index contributed by atoms with van der Waals surface area (Å²) in [5, 5.41) is 19.4. The number of hydrogen-bond acceptors (Lipinski definition) is 8. The topological polar surface area (TPSA) is 88.8 Å². The summed E-state index contributed by atoms with van der Waals surface area (Å²) in [7, 11) is 0. The second-order valence-electron chi connectivity index (χ2n) is 7.84.